The topological polar surface area (TPSA) is 80.7 Å². The van der Waals surface area contributed by atoms with Gasteiger partial charge in [-0.05, 0) is 19.5 Å². The second-order valence-electron chi connectivity index (χ2n) is 5.35. The molecule has 1 aliphatic heterocycles. The Morgan fingerprint density at radius 3 is 2.90 bits per heavy atom. The minimum absolute atomic E-state index is 0.296. The van der Waals surface area contributed by atoms with Crippen LogP contribution >= 0.6 is 0 Å². The summed E-state index contributed by atoms with van der Waals surface area (Å²) in [5.74, 6) is 1.20. The lowest BCUT2D eigenvalue weighted by molar-refractivity contribution is 0.0437. The molecule has 1 atom stereocenters. The molecule has 1 saturated heterocycles. The van der Waals surface area contributed by atoms with Crippen LogP contribution in [0.25, 0.3) is 0 Å². The standard InChI is InChI=1S/C14H27N5O2/c1-3-18(4-2)7-8-20-12-5-6-19(10-12)11-13-16-14(9-15)21-17-13/h12H,3-11,15H2,1-2H3. The second-order valence-corrected chi connectivity index (χ2v) is 5.35. The summed E-state index contributed by atoms with van der Waals surface area (Å²) in [4.78, 5) is 8.91. The summed E-state index contributed by atoms with van der Waals surface area (Å²) in [6.07, 6.45) is 1.39. The van der Waals surface area contributed by atoms with Crippen LogP contribution in [0.2, 0.25) is 0 Å². The van der Waals surface area contributed by atoms with Gasteiger partial charge in [-0.3, -0.25) is 4.90 Å². The van der Waals surface area contributed by atoms with Gasteiger partial charge in [-0.25, -0.2) is 0 Å². The number of aromatic nitrogens is 2. The SMILES string of the molecule is CCN(CC)CCOC1CCN(Cc2noc(CN)n2)C1. The van der Waals surface area contributed by atoms with Gasteiger partial charge in [0, 0.05) is 19.6 Å². The number of nitrogens with two attached hydrogens (primary N) is 1. The Morgan fingerprint density at radius 2 is 2.24 bits per heavy atom. The van der Waals surface area contributed by atoms with Gasteiger partial charge in [0.2, 0.25) is 5.89 Å². The third kappa shape index (κ3) is 5.03. The lowest BCUT2D eigenvalue weighted by Crippen LogP contribution is -2.29. The smallest absolute Gasteiger partial charge is 0.240 e. The van der Waals surface area contributed by atoms with Gasteiger partial charge in [0.1, 0.15) is 0 Å². The molecule has 1 aromatic heterocycles. The molecule has 1 fully saturated rings. The van der Waals surface area contributed by atoms with Gasteiger partial charge in [0.25, 0.3) is 0 Å². The van der Waals surface area contributed by atoms with Crippen molar-refractivity contribution in [2.24, 2.45) is 5.73 Å². The molecule has 2 heterocycles. The van der Waals surface area contributed by atoms with Crippen molar-refractivity contribution in [1.82, 2.24) is 19.9 Å². The first-order chi connectivity index (χ1) is 10.2. The predicted molar refractivity (Wildman–Crippen MR) is 79.6 cm³/mol. The van der Waals surface area contributed by atoms with Gasteiger partial charge in [-0.1, -0.05) is 19.0 Å². The molecule has 21 heavy (non-hydrogen) atoms. The summed E-state index contributed by atoms with van der Waals surface area (Å²) in [6, 6.07) is 0. The monoisotopic (exact) mass is 297 g/mol. The quantitative estimate of drug-likeness (QED) is 0.709. The molecule has 1 aromatic rings. The number of rotatable bonds is 9. The van der Waals surface area contributed by atoms with Crippen molar-refractivity contribution in [3.63, 3.8) is 0 Å². The van der Waals surface area contributed by atoms with Gasteiger partial charge < -0.3 is 19.9 Å². The summed E-state index contributed by atoms with van der Waals surface area (Å²) in [5.41, 5.74) is 5.46. The maximum Gasteiger partial charge on any atom is 0.240 e. The summed E-state index contributed by atoms with van der Waals surface area (Å²) in [5, 5.41) is 3.93. The average Bonchev–Trinajstić information content (AvgIpc) is 3.13. The molecular weight excluding hydrogens is 270 g/mol. The van der Waals surface area contributed by atoms with Crippen LogP contribution in [0.1, 0.15) is 32.0 Å². The van der Waals surface area contributed by atoms with E-state index in [1.807, 2.05) is 0 Å². The normalized spacial score (nSPS) is 19.7. The Bertz CT molecular complexity index is 408. The Kier molecular flexibility index (Phi) is 6.56. The Hall–Kier alpha value is -1.02. The summed E-state index contributed by atoms with van der Waals surface area (Å²) in [7, 11) is 0. The van der Waals surface area contributed by atoms with Crippen LogP contribution in [0.15, 0.2) is 4.52 Å². The first kappa shape index (κ1) is 16.4. The van der Waals surface area contributed by atoms with Gasteiger partial charge in [0.05, 0.1) is 25.8 Å². The number of likely N-dealkylation sites (tertiary alicyclic amines) is 1. The molecule has 0 bridgehead atoms. The van der Waals surface area contributed by atoms with Gasteiger partial charge in [-0.15, -0.1) is 0 Å². The van der Waals surface area contributed by atoms with E-state index in [1.165, 1.54) is 0 Å². The number of likely N-dealkylation sites (N-methyl/N-ethyl adjacent to an activating group) is 1. The van der Waals surface area contributed by atoms with E-state index in [2.05, 4.69) is 33.8 Å². The van der Waals surface area contributed by atoms with Gasteiger partial charge in [0.15, 0.2) is 5.82 Å². The van der Waals surface area contributed by atoms with Crippen molar-refractivity contribution in [2.45, 2.75) is 39.5 Å². The molecule has 0 aliphatic carbocycles. The zero-order valence-electron chi connectivity index (χ0n) is 13.1. The van der Waals surface area contributed by atoms with E-state index in [9.17, 15) is 0 Å². The van der Waals surface area contributed by atoms with Crippen molar-refractivity contribution >= 4 is 0 Å². The molecule has 2 rings (SSSR count). The van der Waals surface area contributed by atoms with Crippen molar-refractivity contribution in [3.05, 3.63) is 11.7 Å². The molecule has 1 aliphatic rings. The zero-order valence-corrected chi connectivity index (χ0v) is 13.1. The lowest BCUT2D eigenvalue weighted by atomic mass is 10.3. The molecule has 2 N–H and O–H groups in total. The fourth-order valence-corrected chi connectivity index (χ4v) is 2.60. The third-order valence-corrected chi connectivity index (χ3v) is 3.93. The summed E-state index contributed by atoms with van der Waals surface area (Å²) in [6.45, 7) is 11.3. The van der Waals surface area contributed by atoms with E-state index in [0.717, 1.165) is 45.8 Å². The number of hydrogen-bond donors (Lipinski definition) is 1. The fraction of sp³-hybridized carbons (Fsp3) is 0.857. The van der Waals surface area contributed by atoms with Crippen molar-refractivity contribution in [2.75, 3.05) is 39.3 Å². The highest BCUT2D eigenvalue weighted by Crippen LogP contribution is 2.15. The van der Waals surface area contributed by atoms with Crippen LogP contribution in [0.5, 0.6) is 0 Å². The van der Waals surface area contributed by atoms with Gasteiger partial charge >= 0.3 is 0 Å². The predicted octanol–water partition coefficient (Wildman–Crippen LogP) is 0.461. The van der Waals surface area contributed by atoms with E-state index in [4.69, 9.17) is 15.0 Å². The molecule has 120 valence electrons. The zero-order chi connectivity index (χ0) is 15.1. The van der Waals surface area contributed by atoms with Crippen LogP contribution < -0.4 is 5.73 Å². The highest BCUT2D eigenvalue weighted by molar-refractivity contribution is 4.88. The molecule has 0 saturated carbocycles. The molecule has 7 nitrogen and oxygen atoms in total. The van der Waals surface area contributed by atoms with E-state index < -0.39 is 0 Å². The third-order valence-electron chi connectivity index (χ3n) is 3.93. The molecule has 0 amide bonds. The first-order valence-electron chi connectivity index (χ1n) is 7.83. The van der Waals surface area contributed by atoms with Crippen molar-refractivity contribution in [3.8, 4) is 0 Å². The van der Waals surface area contributed by atoms with E-state index in [1.54, 1.807) is 0 Å². The molecule has 7 heteroatoms. The van der Waals surface area contributed by atoms with E-state index in [-0.39, 0.29) is 0 Å². The van der Waals surface area contributed by atoms with Crippen LogP contribution in [0, 0.1) is 0 Å². The second kappa shape index (κ2) is 8.43. The summed E-state index contributed by atoms with van der Waals surface area (Å²) < 4.78 is 11.0. The van der Waals surface area contributed by atoms with Crippen LogP contribution in [-0.2, 0) is 17.8 Å². The minimum atomic E-state index is 0.296. The maximum atomic E-state index is 5.96. The highest BCUT2D eigenvalue weighted by Gasteiger charge is 2.24. The number of ether oxygens (including phenoxy) is 1. The van der Waals surface area contributed by atoms with E-state index in [0.29, 0.717) is 30.9 Å². The Morgan fingerprint density at radius 1 is 1.43 bits per heavy atom. The molecule has 1 unspecified atom stereocenters. The van der Waals surface area contributed by atoms with E-state index >= 15 is 0 Å². The fourth-order valence-electron chi connectivity index (χ4n) is 2.60. The lowest BCUT2D eigenvalue weighted by Gasteiger charge is -2.19. The first-order valence-corrected chi connectivity index (χ1v) is 7.83. The number of nitrogens with zero attached hydrogens (tertiary/aromatic N) is 4. The minimum Gasteiger partial charge on any atom is -0.376 e. The summed E-state index contributed by atoms with van der Waals surface area (Å²) >= 11 is 0. The highest BCUT2D eigenvalue weighted by atomic mass is 16.5. The molecular formula is C14H27N5O2. The molecule has 0 radical (unpaired) electrons. The maximum absolute atomic E-state index is 5.96. The van der Waals surface area contributed by atoms with Crippen LogP contribution in [0.4, 0.5) is 0 Å². The largest absolute Gasteiger partial charge is 0.376 e. The Balaban J connectivity index is 1.66. The molecule has 0 aromatic carbocycles. The van der Waals surface area contributed by atoms with Gasteiger partial charge in [-0.2, -0.15) is 4.98 Å². The van der Waals surface area contributed by atoms with Crippen molar-refractivity contribution in [1.29, 1.82) is 0 Å². The van der Waals surface area contributed by atoms with Crippen LogP contribution in [0.3, 0.4) is 0 Å². The van der Waals surface area contributed by atoms with Crippen molar-refractivity contribution < 1.29 is 9.26 Å². The molecule has 0 spiro atoms. The number of hydrogen-bond acceptors (Lipinski definition) is 7. The Labute approximate surface area is 126 Å². The average molecular weight is 297 g/mol. The van der Waals surface area contributed by atoms with Crippen LogP contribution in [-0.4, -0.2) is 65.4 Å².